The first-order valence-corrected chi connectivity index (χ1v) is 5.01. The van der Waals surface area contributed by atoms with Gasteiger partial charge in [0.1, 0.15) is 0 Å². The largest absolute Gasteiger partial charge is 0.323 e. The molecule has 0 aromatic heterocycles. The molecule has 14 heavy (non-hydrogen) atoms. The quantitative estimate of drug-likeness (QED) is 0.782. The van der Waals surface area contributed by atoms with Gasteiger partial charge in [-0.3, -0.25) is 4.90 Å². The zero-order valence-corrected chi connectivity index (χ0v) is 10.1. The van der Waals surface area contributed by atoms with Crippen LogP contribution in [-0.2, 0) is 0 Å². The Morgan fingerprint density at radius 1 is 1.29 bits per heavy atom. The number of rotatable bonds is 3. The molecular formula is C11H21ClN2. The van der Waals surface area contributed by atoms with Crippen LogP contribution in [0.2, 0.25) is 0 Å². The van der Waals surface area contributed by atoms with Gasteiger partial charge >= 0.3 is 0 Å². The summed E-state index contributed by atoms with van der Waals surface area (Å²) < 4.78 is 0. The molecule has 1 rings (SSSR count). The highest BCUT2D eigenvalue weighted by molar-refractivity contribution is 5.85. The predicted molar refractivity (Wildman–Crippen MR) is 64.8 cm³/mol. The molecule has 0 fully saturated rings. The van der Waals surface area contributed by atoms with Crippen molar-refractivity contribution in [3.63, 3.8) is 0 Å². The SMILES string of the molecule is CCN(CC)C1(C)C=CC=CC1N.Cl. The number of nitrogens with zero attached hydrogens (tertiary/aromatic N) is 1. The summed E-state index contributed by atoms with van der Waals surface area (Å²) in [5.74, 6) is 0. The lowest BCUT2D eigenvalue weighted by molar-refractivity contribution is 0.147. The summed E-state index contributed by atoms with van der Waals surface area (Å²) in [5, 5.41) is 0. The third-order valence-electron chi connectivity index (χ3n) is 2.98. The van der Waals surface area contributed by atoms with E-state index in [1.807, 2.05) is 6.08 Å². The lowest BCUT2D eigenvalue weighted by atomic mass is 9.87. The highest BCUT2D eigenvalue weighted by Gasteiger charge is 2.33. The zero-order valence-electron chi connectivity index (χ0n) is 9.23. The third-order valence-corrected chi connectivity index (χ3v) is 2.98. The lowest BCUT2D eigenvalue weighted by Gasteiger charge is -2.42. The summed E-state index contributed by atoms with van der Waals surface area (Å²) in [6.07, 6.45) is 8.38. The Labute approximate surface area is 93.3 Å². The van der Waals surface area contributed by atoms with E-state index in [9.17, 15) is 0 Å². The second kappa shape index (κ2) is 5.54. The van der Waals surface area contributed by atoms with Crippen molar-refractivity contribution >= 4 is 12.4 Å². The second-order valence-electron chi connectivity index (χ2n) is 3.67. The number of hydrogen-bond donors (Lipinski definition) is 1. The molecule has 0 aliphatic heterocycles. The van der Waals surface area contributed by atoms with Crippen molar-refractivity contribution in [2.24, 2.45) is 5.73 Å². The van der Waals surface area contributed by atoms with Crippen molar-refractivity contribution in [3.8, 4) is 0 Å². The Hall–Kier alpha value is -0.310. The summed E-state index contributed by atoms with van der Waals surface area (Å²) >= 11 is 0. The van der Waals surface area contributed by atoms with Crippen LogP contribution in [0.25, 0.3) is 0 Å². The van der Waals surface area contributed by atoms with Gasteiger partial charge in [0.25, 0.3) is 0 Å². The van der Waals surface area contributed by atoms with Gasteiger partial charge in [0, 0.05) is 6.04 Å². The smallest absolute Gasteiger partial charge is 0.0553 e. The average Bonchev–Trinajstić information content (AvgIpc) is 2.12. The second-order valence-corrected chi connectivity index (χ2v) is 3.67. The Kier molecular flexibility index (Phi) is 5.42. The van der Waals surface area contributed by atoms with E-state index >= 15 is 0 Å². The molecule has 0 radical (unpaired) electrons. The summed E-state index contributed by atoms with van der Waals surface area (Å²) in [6, 6.07) is 0.109. The molecule has 1 aliphatic carbocycles. The zero-order chi connectivity index (χ0) is 9.90. The summed E-state index contributed by atoms with van der Waals surface area (Å²) in [5.41, 5.74) is 6.08. The number of hydrogen-bond acceptors (Lipinski definition) is 2. The van der Waals surface area contributed by atoms with Gasteiger partial charge in [-0.2, -0.15) is 0 Å². The van der Waals surface area contributed by atoms with Gasteiger partial charge in [-0.15, -0.1) is 12.4 Å². The van der Waals surface area contributed by atoms with E-state index in [-0.39, 0.29) is 24.0 Å². The van der Waals surface area contributed by atoms with Crippen LogP contribution in [0.5, 0.6) is 0 Å². The van der Waals surface area contributed by atoms with E-state index < -0.39 is 0 Å². The van der Waals surface area contributed by atoms with Crippen molar-refractivity contribution in [2.45, 2.75) is 32.4 Å². The molecule has 0 heterocycles. The fourth-order valence-corrected chi connectivity index (χ4v) is 1.96. The standard InChI is InChI=1S/C11H20N2.ClH/c1-4-13(5-2)11(3)9-7-6-8-10(11)12;/h6-10H,4-5,12H2,1-3H3;1H. The molecule has 2 nitrogen and oxygen atoms in total. The van der Waals surface area contributed by atoms with E-state index in [0.29, 0.717) is 0 Å². The van der Waals surface area contributed by atoms with Crippen molar-refractivity contribution in [1.82, 2.24) is 4.90 Å². The number of allylic oxidation sites excluding steroid dienone is 2. The Bertz CT molecular complexity index is 221. The maximum atomic E-state index is 6.09. The first-order chi connectivity index (χ1) is 6.15. The van der Waals surface area contributed by atoms with Crippen molar-refractivity contribution < 1.29 is 0 Å². The van der Waals surface area contributed by atoms with Crippen LogP contribution in [0, 0.1) is 0 Å². The molecule has 0 bridgehead atoms. The fraction of sp³-hybridized carbons (Fsp3) is 0.636. The van der Waals surface area contributed by atoms with E-state index in [0.717, 1.165) is 13.1 Å². The molecule has 0 saturated heterocycles. The van der Waals surface area contributed by atoms with E-state index in [2.05, 4.69) is 43.9 Å². The van der Waals surface area contributed by atoms with Crippen LogP contribution in [0.4, 0.5) is 0 Å². The first-order valence-electron chi connectivity index (χ1n) is 5.01. The highest BCUT2D eigenvalue weighted by atomic mass is 35.5. The molecule has 0 spiro atoms. The van der Waals surface area contributed by atoms with Crippen molar-refractivity contribution in [2.75, 3.05) is 13.1 Å². The fourth-order valence-electron chi connectivity index (χ4n) is 1.96. The van der Waals surface area contributed by atoms with E-state index in [4.69, 9.17) is 5.73 Å². The molecule has 2 unspecified atom stereocenters. The van der Waals surface area contributed by atoms with Gasteiger partial charge in [0.15, 0.2) is 0 Å². The molecule has 0 amide bonds. The molecule has 2 atom stereocenters. The molecule has 0 aromatic carbocycles. The van der Waals surface area contributed by atoms with Gasteiger partial charge < -0.3 is 5.73 Å². The van der Waals surface area contributed by atoms with Gasteiger partial charge in [0.05, 0.1) is 5.54 Å². The Morgan fingerprint density at radius 3 is 2.29 bits per heavy atom. The number of nitrogens with two attached hydrogens (primary N) is 1. The monoisotopic (exact) mass is 216 g/mol. The molecule has 0 aromatic rings. The maximum Gasteiger partial charge on any atom is 0.0553 e. The van der Waals surface area contributed by atoms with Gasteiger partial charge in [0.2, 0.25) is 0 Å². The first kappa shape index (κ1) is 13.7. The minimum Gasteiger partial charge on any atom is -0.323 e. The van der Waals surface area contributed by atoms with Crippen LogP contribution in [0.3, 0.4) is 0 Å². The van der Waals surface area contributed by atoms with Crippen LogP contribution < -0.4 is 5.73 Å². The minimum atomic E-state index is -0.00174. The Balaban J connectivity index is 0.00000169. The predicted octanol–water partition coefficient (Wildman–Crippen LogP) is 1.96. The molecule has 1 aliphatic rings. The minimum absolute atomic E-state index is 0. The topological polar surface area (TPSA) is 29.3 Å². The third kappa shape index (κ3) is 2.38. The maximum absolute atomic E-state index is 6.09. The van der Waals surface area contributed by atoms with Gasteiger partial charge in [-0.1, -0.05) is 38.2 Å². The van der Waals surface area contributed by atoms with Crippen LogP contribution >= 0.6 is 12.4 Å². The van der Waals surface area contributed by atoms with Gasteiger partial charge in [-0.25, -0.2) is 0 Å². The van der Waals surface area contributed by atoms with Crippen LogP contribution in [-0.4, -0.2) is 29.6 Å². The Morgan fingerprint density at radius 2 is 1.86 bits per heavy atom. The lowest BCUT2D eigenvalue weighted by Crippen LogP contribution is -2.56. The molecule has 82 valence electrons. The molecule has 0 saturated carbocycles. The summed E-state index contributed by atoms with van der Waals surface area (Å²) in [6.45, 7) is 8.63. The molecule has 2 N–H and O–H groups in total. The highest BCUT2D eigenvalue weighted by Crippen LogP contribution is 2.23. The van der Waals surface area contributed by atoms with Crippen molar-refractivity contribution in [1.29, 1.82) is 0 Å². The number of halogens is 1. The normalized spacial score (nSPS) is 30.5. The molecule has 3 heteroatoms. The average molecular weight is 217 g/mol. The molecular weight excluding hydrogens is 196 g/mol. The summed E-state index contributed by atoms with van der Waals surface area (Å²) in [4.78, 5) is 2.39. The van der Waals surface area contributed by atoms with Crippen LogP contribution in [0.15, 0.2) is 24.3 Å². The number of likely N-dealkylation sites (N-methyl/N-ethyl adjacent to an activating group) is 1. The van der Waals surface area contributed by atoms with E-state index in [1.54, 1.807) is 0 Å². The summed E-state index contributed by atoms with van der Waals surface area (Å²) in [7, 11) is 0. The van der Waals surface area contributed by atoms with Crippen molar-refractivity contribution in [3.05, 3.63) is 24.3 Å². The van der Waals surface area contributed by atoms with E-state index in [1.165, 1.54) is 0 Å². The van der Waals surface area contributed by atoms with Crippen LogP contribution in [0.1, 0.15) is 20.8 Å². The van der Waals surface area contributed by atoms with Gasteiger partial charge in [-0.05, 0) is 20.0 Å².